The number of amides is 1. The van der Waals surface area contributed by atoms with Crippen LogP contribution in [-0.4, -0.2) is 30.1 Å². The topological polar surface area (TPSA) is 78.4 Å². The molecular formula is C17H26N2O3. The van der Waals surface area contributed by atoms with Gasteiger partial charge in [-0.25, -0.2) is 0 Å². The van der Waals surface area contributed by atoms with Crippen LogP contribution < -0.4 is 10.6 Å². The largest absolute Gasteiger partial charge is 0.480 e. The van der Waals surface area contributed by atoms with Gasteiger partial charge in [-0.1, -0.05) is 51.5 Å². The van der Waals surface area contributed by atoms with Crippen LogP contribution in [0.5, 0.6) is 0 Å². The van der Waals surface area contributed by atoms with Crippen LogP contribution >= 0.6 is 0 Å². The lowest BCUT2D eigenvalue weighted by Crippen LogP contribution is -2.39. The number of carboxylic acid groups (broad SMARTS) is 1. The molecule has 0 radical (unpaired) electrons. The summed E-state index contributed by atoms with van der Waals surface area (Å²) >= 11 is 0. The molecule has 0 aromatic heterocycles. The number of nitrogens with one attached hydrogen (secondary N) is 2. The lowest BCUT2D eigenvalue weighted by Gasteiger charge is -2.23. The van der Waals surface area contributed by atoms with Gasteiger partial charge in [-0.3, -0.25) is 9.59 Å². The van der Waals surface area contributed by atoms with Crippen LogP contribution in [0.1, 0.15) is 44.4 Å². The number of aliphatic carboxylic acids is 1. The molecule has 0 fully saturated rings. The molecule has 0 spiro atoms. The molecule has 1 atom stereocenters. The van der Waals surface area contributed by atoms with Crippen LogP contribution in [0.15, 0.2) is 24.3 Å². The molecular weight excluding hydrogens is 280 g/mol. The summed E-state index contributed by atoms with van der Waals surface area (Å²) in [5.74, 6) is -1.03. The molecule has 5 nitrogen and oxygen atoms in total. The second kappa shape index (κ2) is 9.20. The molecule has 22 heavy (non-hydrogen) atoms. The molecule has 1 aromatic rings. The van der Waals surface area contributed by atoms with E-state index in [9.17, 15) is 9.59 Å². The molecule has 1 amide bonds. The molecule has 1 aromatic carbocycles. The summed E-state index contributed by atoms with van der Waals surface area (Å²) < 4.78 is 0. The average molecular weight is 306 g/mol. The van der Waals surface area contributed by atoms with Gasteiger partial charge in [0.2, 0.25) is 5.91 Å². The van der Waals surface area contributed by atoms with E-state index in [2.05, 4.69) is 55.7 Å². The summed E-state index contributed by atoms with van der Waals surface area (Å²) in [7, 11) is 0. The number of hydrogen-bond donors (Lipinski definition) is 3. The quantitative estimate of drug-likeness (QED) is 0.653. The molecule has 5 heteroatoms. The highest BCUT2D eigenvalue weighted by atomic mass is 16.4. The normalized spacial score (nSPS) is 12.2. The minimum absolute atomic E-state index is 0.0613. The van der Waals surface area contributed by atoms with Gasteiger partial charge < -0.3 is 15.7 Å². The van der Waals surface area contributed by atoms with Crippen molar-refractivity contribution in [2.24, 2.45) is 5.92 Å². The van der Waals surface area contributed by atoms with Crippen LogP contribution in [0.4, 0.5) is 0 Å². The van der Waals surface area contributed by atoms with Crippen molar-refractivity contribution in [3.63, 3.8) is 0 Å². The Kier molecular flexibility index (Phi) is 7.60. The second-order valence-electron chi connectivity index (χ2n) is 5.76. The minimum atomic E-state index is -1.04. The third-order valence-corrected chi connectivity index (χ3v) is 3.46. The van der Waals surface area contributed by atoms with Crippen molar-refractivity contribution >= 4 is 11.9 Å². The minimum Gasteiger partial charge on any atom is -0.480 e. The van der Waals surface area contributed by atoms with Crippen molar-refractivity contribution in [2.75, 3.05) is 13.1 Å². The van der Waals surface area contributed by atoms with Gasteiger partial charge in [0.15, 0.2) is 0 Å². The Morgan fingerprint density at radius 3 is 2.27 bits per heavy atom. The fourth-order valence-electron chi connectivity index (χ4n) is 2.36. The molecule has 0 saturated carbocycles. The molecule has 0 heterocycles. The van der Waals surface area contributed by atoms with Crippen molar-refractivity contribution in [3.05, 3.63) is 35.4 Å². The zero-order valence-corrected chi connectivity index (χ0v) is 13.6. The Balaban J connectivity index is 2.61. The van der Waals surface area contributed by atoms with E-state index in [1.807, 2.05) is 0 Å². The molecule has 0 saturated heterocycles. The number of carboxylic acids is 1. The zero-order chi connectivity index (χ0) is 16.5. The first-order valence-corrected chi connectivity index (χ1v) is 7.74. The number of rotatable bonds is 9. The van der Waals surface area contributed by atoms with E-state index < -0.39 is 5.97 Å². The number of hydrogen-bond acceptors (Lipinski definition) is 3. The Morgan fingerprint density at radius 1 is 1.14 bits per heavy atom. The van der Waals surface area contributed by atoms with E-state index in [-0.39, 0.29) is 25.0 Å². The van der Waals surface area contributed by atoms with E-state index in [1.54, 1.807) is 0 Å². The predicted octanol–water partition coefficient (Wildman–Crippen LogP) is 2.13. The maximum absolute atomic E-state index is 11.6. The van der Waals surface area contributed by atoms with Gasteiger partial charge in [0.1, 0.15) is 6.54 Å². The van der Waals surface area contributed by atoms with E-state index in [1.165, 1.54) is 5.56 Å². The van der Waals surface area contributed by atoms with E-state index in [4.69, 9.17) is 5.11 Å². The SMILES string of the molecule is CCCc1ccc(C(NCC(=O)NCC(=O)O)C(C)C)cc1. The van der Waals surface area contributed by atoms with Crippen LogP contribution in [0, 0.1) is 5.92 Å². The maximum Gasteiger partial charge on any atom is 0.322 e. The summed E-state index contributed by atoms with van der Waals surface area (Å²) in [4.78, 5) is 22.0. The Labute approximate surface area is 132 Å². The van der Waals surface area contributed by atoms with Gasteiger partial charge in [-0.15, -0.1) is 0 Å². The predicted molar refractivity (Wildman–Crippen MR) is 86.7 cm³/mol. The van der Waals surface area contributed by atoms with Gasteiger partial charge in [-0.2, -0.15) is 0 Å². The molecule has 0 bridgehead atoms. The fourth-order valence-corrected chi connectivity index (χ4v) is 2.36. The molecule has 1 unspecified atom stereocenters. The van der Waals surface area contributed by atoms with Crippen LogP contribution in [0.25, 0.3) is 0 Å². The fraction of sp³-hybridized carbons (Fsp3) is 0.529. The lowest BCUT2D eigenvalue weighted by molar-refractivity contribution is -0.137. The molecule has 3 N–H and O–H groups in total. The lowest BCUT2D eigenvalue weighted by atomic mass is 9.94. The summed E-state index contributed by atoms with van der Waals surface area (Å²) in [5.41, 5.74) is 2.45. The highest BCUT2D eigenvalue weighted by Gasteiger charge is 2.16. The van der Waals surface area contributed by atoms with Crippen molar-refractivity contribution in [3.8, 4) is 0 Å². The summed E-state index contributed by atoms with van der Waals surface area (Å²) in [6.45, 7) is 6.09. The number of benzene rings is 1. The van der Waals surface area contributed by atoms with Crippen molar-refractivity contribution in [1.82, 2.24) is 10.6 Å². The third-order valence-electron chi connectivity index (χ3n) is 3.46. The van der Waals surface area contributed by atoms with Crippen molar-refractivity contribution < 1.29 is 14.7 Å². The zero-order valence-electron chi connectivity index (χ0n) is 13.6. The molecule has 122 valence electrons. The first kappa shape index (κ1) is 18.2. The molecule has 1 rings (SSSR count). The molecule has 0 aliphatic carbocycles. The highest BCUT2D eigenvalue weighted by molar-refractivity contribution is 5.82. The summed E-state index contributed by atoms with van der Waals surface area (Å²) in [6, 6.07) is 8.50. The van der Waals surface area contributed by atoms with Crippen LogP contribution in [0.2, 0.25) is 0 Å². The van der Waals surface area contributed by atoms with Gasteiger partial charge >= 0.3 is 5.97 Å². The Morgan fingerprint density at radius 2 is 1.77 bits per heavy atom. The van der Waals surface area contributed by atoms with Crippen molar-refractivity contribution in [1.29, 1.82) is 0 Å². The summed E-state index contributed by atoms with van der Waals surface area (Å²) in [5, 5.41) is 14.1. The Bertz CT molecular complexity index is 483. The second-order valence-corrected chi connectivity index (χ2v) is 5.76. The van der Waals surface area contributed by atoms with Gasteiger partial charge in [0.25, 0.3) is 0 Å². The third kappa shape index (κ3) is 6.26. The van der Waals surface area contributed by atoms with Crippen LogP contribution in [0.3, 0.4) is 0 Å². The number of carbonyl (C=O) groups is 2. The number of aryl methyl sites for hydroxylation is 1. The summed E-state index contributed by atoms with van der Waals surface area (Å²) in [6.07, 6.45) is 2.19. The standard InChI is InChI=1S/C17H26N2O3/c1-4-5-13-6-8-14(9-7-13)17(12(2)3)19-10-15(20)18-11-16(21)22/h6-9,12,17,19H,4-5,10-11H2,1-3H3,(H,18,20)(H,21,22). The van der Waals surface area contributed by atoms with E-state index in [0.717, 1.165) is 18.4 Å². The monoisotopic (exact) mass is 306 g/mol. The van der Waals surface area contributed by atoms with Gasteiger partial charge in [-0.05, 0) is 23.5 Å². The Hall–Kier alpha value is -1.88. The first-order chi connectivity index (χ1) is 10.4. The average Bonchev–Trinajstić information content (AvgIpc) is 2.47. The first-order valence-electron chi connectivity index (χ1n) is 7.74. The number of carbonyl (C=O) groups excluding carboxylic acids is 1. The maximum atomic E-state index is 11.6. The van der Waals surface area contributed by atoms with Crippen LogP contribution in [-0.2, 0) is 16.0 Å². The molecule has 0 aliphatic rings. The van der Waals surface area contributed by atoms with Gasteiger partial charge in [0.05, 0.1) is 6.54 Å². The van der Waals surface area contributed by atoms with E-state index >= 15 is 0 Å². The van der Waals surface area contributed by atoms with Gasteiger partial charge in [0, 0.05) is 6.04 Å². The smallest absolute Gasteiger partial charge is 0.322 e. The van der Waals surface area contributed by atoms with Crippen molar-refractivity contribution in [2.45, 2.75) is 39.7 Å². The molecule has 0 aliphatic heterocycles. The highest BCUT2D eigenvalue weighted by Crippen LogP contribution is 2.22. The van der Waals surface area contributed by atoms with E-state index in [0.29, 0.717) is 5.92 Å².